The summed E-state index contributed by atoms with van der Waals surface area (Å²) in [6.45, 7) is 7.38. The van der Waals surface area contributed by atoms with Gasteiger partial charge in [0.1, 0.15) is 0 Å². The van der Waals surface area contributed by atoms with Gasteiger partial charge in [0.2, 0.25) is 11.8 Å². The van der Waals surface area contributed by atoms with Gasteiger partial charge in [0.25, 0.3) is 0 Å². The molecule has 0 bridgehead atoms. The molecule has 2 saturated carbocycles. The van der Waals surface area contributed by atoms with Crippen molar-refractivity contribution in [3.8, 4) is 0 Å². The summed E-state index contributed by atoms with van der Waals surface area (Å²) in [5.41, 5.74) is 0.148. The van der Waals surface area contributed by atoms with Gasteiger partial charge in [-0.3, -0.25) is 0 Å². The Morgan fingerprint density at radius 3 is 2.56 bits per heavy atom. The molecule has 0 aromatic carbocycles. The smallest absolute Gasteiger partial charge is 0.219 e. The van der Waals surface area contributed by atoms with Crippen LogP contribution in [0.1, 0.15) is 57.7 Å². The average molecular weight is 249 g/mol. The Morgan fingerprint density at radius 2 is 1.89 bits per heavy atom. The first kappa shape index (κ1) is 12.2. The Balaban J connectivity index is 1.50. The van der Waals surface area contributed by atoms with Crippen LogP contribution in [0.3, 0.4) is 0 Å². The van der Waals surface area contributed by atoms with Crippen molar-refractivity contribution in [2.24, 2.45) is 11.8 Å². The van der Waals surface area contributed by atoms with E-state index in [0.29, 0.717) is 5.92 Å². The molecule has 2 unspecified atom stereocenters. The summed E-state index contributed by atoms with van der Waals surface area (Å²) in [4.78, 5) is 0. The van der Waals surface area contributed by atoms with Gasteiger partial charge >= 0.3 is 0 Å². The van der Waals surface area contributed by atoms with Gasteiger partial charge in [-0.2, -0.15) is 0 Å². The van der Waals surface area contributed by atoms with Crippen molar-refractivity contribution in [3.05, 3.63) is 11.8 Å². The highest BCUT2D eigenvalue weighted by molar-refractivity contribution is 5.06. The van der Waals surface area contributed by atoms with Crippen LogP contribution in [0.15, 0.2) is 4.42 Å². The molecule has 0 saturated heterocycles. The quantitative estimate of drug-likeness (QED) is 0.891. The number of nitrogens with one attached hydrogen (secondary N) is 1. The molecule has 3 rings (SSSR count). The topological polar surface area (TPSA) is 51.0 Å². The van der Waals surface area contributed by atoms with E-state index in [1.807, 2.05) is 0 Å². The summed E-state index contributed by atoms with van der Waals surface area (Å²) in [6.07, 6.45) is 4.80. The summed E-state index contributed by atoms with van der Waals surface area (Å²) in [5.74, 6) is 4.14. The van der Waals surface area contributed by atoms with Crippen molar-refractivity contribution < 1.29 is 4.42 Å². The SMILES string of the molecule is CC(C)(C)NCCc1nnc(C2CC3CC3C2)o1. The molecule has 4 heteroatoms. The molecule has 2 aliphatic carbocycles. The fourth-order valence-corrected chi connectivity index (χ4v) is 2.99. The maximum atomic E-state index is 5.79. The number of hydrogen-bond acceptors (Lipinski definition) is 4. The van der Waals surface area contributed by atoms with E-state index in [9.17, 15) is 0 Å². The Kier molecular flexibility index (Phi) is 2.93. The van der Waals surface area contributed by atoms with Crippen molar-refractivity contribution in [3.63, 3.8) is 0 Å². The van der Waals surface area contributed by atoms with Gasteiger partial charge in [0.05, 0.1) is 0 Å². The van der Waals surface area contributed by atoms with Crippen LogP contribution in [0.4, 0.5) is 0 Å². The fourth-order valence-electron chi connectivity index (χ4n) is 2.99. The van der Waals surface area contributed by atoms with E-state index in [-0.39, 0.29) is 5.54 Å². The van der Waals surface area contributed by atoms with Crippen LogP contribution in [-0.4, -0.2) is 22.3 Å². The third-order valence-corrected chi connectivity index (χ3v) is 4.07. The maximum Gasteiger partial charge on any atom is 0.219 e. The summed E-state index contributed by atoms with van der Waals surface area (Å²) in [7, 11) is 0. The summed E-state index contributed by atoms with van der Waals surface area (Å²) < 4.78 is 5.79. The van der Waals surface area contributed by atoms with Crippen LogP contribution in [0.25, 0.3) is 0 Å². The molecule has 0 radical (unpaired) electrons. The zero-order chi connectivity index (χ0) is 12.8. The van der Waals surface area contributed by atoms with E-state index in [2.05, 4.69) is 36.3 Å². The van der Waals surface area contributed by atoms with Crippen LogP contribution < -0.4 is 5.32 Å². The highest BCUT2D eigenvalue weighted by Crippen LogP contribution is 2.57. The number of fused-ring (bicyclic) bond motifs is 1. The van der Waals surface area contributed by atoms with Crippen LogP contribution in [0.2, 0.25) is 0 Å². The van der Waals surface area contributed by atoms with Crippen molar-refractivity contribution in [2.45, 2.75) is 57.9 Å². The van der Waals surface area contributed by atoms with Crippen molar-refractivity contribution in [2.75, 3.05) is 6.54 Å². The third kappa shape index (κ3) is 2.74. The minimum Gasteiger partial charge on any atom is -0.425 e. The van der Waals surface area contributed by atoms with Crippen molar-refractivity contribution in [1.29, 1.82) is 0 Å². The van der Waals surface area contributed by atoms with Crippen LogP contribution >= 0.6 is 0 Å². The molecule has 2 aliphatic rings. The lowest BCUT2D eigenvalue weighted by molar-refractivity contribution is 0.383. The second kappa shape index (κ2) is 4.34. The second-order valence-corrected chi connectivity index (χ2v) is 6.89. The standard InChI is InChI=1S/C14H23N3O/c1-14(2,3)15-5-4-12-16-17-13(18-12)11-7-9-6-10(9)8-11/h9-11,15H,4-8H2,1-3H3. The molecule has 0 aliphatic heterocycles. The Morgan fingerprint density at radius 1 is 1.17 bits per heavy atom. The molecule has 1 N–H and O–H groups in total. The highest BCUT2D eigenvalue weighted by Gasteiger charge is 2.47. The Bertz CT molecular complexity index is 411. The first-order chi connectivity index (χ1) is 8.51. The molecule has 2 atom stereocenters. The maximum absolute atomic E-state index is 5.79. The zero-order valence-electron chi connectivity index (χ0n) is 11.6. The largest absolute Gasteiger partial charge is 0.425 e. The van der Waals surface area contributed by atoms with Gasteiger partial charge in [0, 0.05) is 24.4 Å². The van der Waals surface area contributed by atoms with Crippen LogP contribution in [0, 0.1) is 11.8 Å². The summed E-state index contributed by atoms with van der Waals surface area (Å²) in [5, 5.41) is 11.8. The van der Waals surface area contributed by atoms with Crippen molar-refractivity contribution >= 4 is 0 Å². The number of rotatable bonds is 4. The molecule has 1 heterocycles. The van der Waals surface area contributed by atoms with Gasteiger partial charge in [-0.25, -0.2) is 0 Å². The monoisotopic (exact) mass is 249 g/mol. The third-order valence-electron chi connectivity index (χ3n) is 4.07. The van der Waals surface area contributed by atoms with E-state index >= 15 is 0 Å². The number of hydrogen-bond donors (Lipinski definition) is 1. The van der Waals surface area contributed by atoms with E-state index in [0.717, 1.165) is 36.6 Å². The normalized spacial score (nSPS) is 30.5. The highest BCUT2D eigenvalue weighted by atomic mass is 16.4. The van der Waals surface area contributed by atoms with E-state index in [1.54, 1.807) is 0 Å². The number of aromatic nitrogens is 2. The summed E-state index contributed by atoms with van der Waals surface area (Å²) in [6, 6.07) is 0. The molecule has 1 aromatic rings. The van der Waals surface area contributed by atoms with Gasteiger partial charge in [-0.1, -0.05) is 0 Å². The summed E-state index contributed by atoms with van der Waals surface area (Å²) >= 11 is 0. The predicted octanol–water partition coefficient (Wildman–Crippen LogP) is 2.51. The number of nitrogens with zero attached hydrogens (tertiary/aromatic N) is 2. The molecular formula is C14H23N3O. The molecule has 0 spiro atoms. The molecule has 0 amide bonds. The average Bonchev–Trinajstić information content (AvgIpc) is 2.75. The van der Waals surface area contributed by atoms with Gasteiger partial charge in [0.15, 0.2) is 0 Å². The van der Waals surface area contributed by atoms with Gasteiger partial charge in [-0.05, 0) is 51.9 Å². The Labute approximate surface area is 109 Å². The lowest BCUT2D eigenvalue weighted by Gasteiger charge is -2.19. The minimum atomic E-state index is 0.148. The van der Waals surface area contributed by atoms with Crippen LogP contribution in [-0.2, 0) is 6.42 Å². The molecular weight excluding hydrogens is 226 g/mol. The van der Waals surface area contributed by atoms with E-state index in [4.69, 9.17) is 4.42 Å². The van der Waals surface area contributed by atoms with E-state index in [1.165, 1.54) is 19.3 Å². The molecule has 1 aromatic heterocycles. The molecule has 18 heavy (non-hydrogen) atoms. The first-order valence-corrected chi connectivity index (χ1v) is 7.08. The first-order valence-electron chi connectivity index (χ1n) is 7.08. The Hall–Kier alpha value is -0.900. The van der Waals surface area contributed by atoms with E-state index < -0.39 is 0 Å². The fraction of sp³-hybridized carbons (Fsp3) is 0.857. The molecule has 4 nitrogen and oxygen atoms in total. The lowest BCUT2D eigenvalue weighted by atomic mass is 10.0. The molecule has 100 valence electrons. The van der Waals surface area contributed by atoms with Gasteiger partial charge < -0.3 is 9.73 Å². The molecule has 2 fully saturated rings. The zero-order valence-corrected chi connectivity index (χ0v) is 11.6. The van der Waals surface area contributed by atoms with Gasteiger partial charge in [-0.15, -0.1) is 10.2 Å². The lowest BCUT2D eigenvalue weighted by Crippen LogP contribution is -2.37. The van der Waals surface area contributed by atoms with Crippen molar-refractivity contribution in [1.82, 2.24) is 15.5 Å². The minimum absolute atomic E-state index is 0.148. The second-order valence-electron chi connectivity index (χ2n) is 6.89. The predicted molar refractivity (Wildman–Crippen MR) is 69.3 cm³/mol. The van der Waals surface area contributed by atoms with Crippen LogP contribution in [0.5, 0.6) is 0 Å².